The summed E-state index contributed by atoms with van der Waals surface area (Å²) in [6.07, 6.45) is 1.53. The third-order valence-corrected chi connectivity index (χ3v) is 4.05. The number of nitrogens with one attached hydrogen (secondary N) is 1. The second kappa shape index (κ2) is 7.44. The van der Waals surface area contributed by atoms with Crippen LogP contribution in [-0.2, 0) is 17.8 Å². The van der Waals surface area contributed by atoms with Gasteiger partial charge < -0.3 is 14.5 Å². The Morgan fingerprint density at radius 1 is 1.13 bits per heavy atom. The number of amides is 1. The molecule has 1 fully saturated rings. The zero-order valence-corrected chi connectivity index (χ0v) is 13.4. The first-order valence-electron chi connectivity index (χ1n) is 7.92. The largest absolute Gasteiger partial charge is 0.459 e. The fourth-order valence-corrected chi connectivity index (χ4v) is 2.65. The van der Waals surface area contributed by atoms with Gasteiger partial charge in [0.1, 0.15) is 0 Å². The highest BCUT2D eigenvalue weighted by atomic mass is 16.5. The van der Waals surface area contributed by atoms with Crippen LogP contribution in [0.4, 0.5) is 0 Å². The summed E-state index contributed by atoms with van der Waals surface area (Å²) in [5, 5.41) is 2.88. The molecular formula is C18H22N2O3. The molecule has 0 saturated carbocycles. The molecule has 1 aromatic heterocycles. The SMILES string of the molecule is Cc1ccoc1C(=O)NCc1ccc(CN2CCOCC2)cc1. The Balaban J connectivity index is 1.51. The molecule has 0 bridgehead atoms. The molecule has 1 aliphatic rings. The predicted molar refractivity (Wildman–Crippen MR) is 87.2 cm³/mol. The van der Waals surface area contributed by atoms with Crippen molar-refractivity contribution in [3.8, 4) is 0 Å². The first kappa shape index (κ1) is 15.8. The minimum atomic E-state index is -0.176. The maximum atomic E-state index is 12.0. The Morgan fingerprint density at radius 2 is 1.83 bits per heavy atom. The number of morpholine rings is 1. The summed E-state index contributed by atoms with van der Waals surface area (Å²) in [6.45, 7) is 6.91. The van der Waals surface area contributed by atoms with E-state index in [1.54, 1.807) is 6.07 Å². The summed E-state index contributed by atoms with van der Waals surface area (Å²) >= 11 is 0. The lowest BCUT2D eigenvalue weighted by Gasteiger charge is -2.26. The van der Waals surface area contributed by atoms with E-state index in [1.807, 2.05) is 6.92 Å². The fraction of sp³-hybridized carbons (Fsp3) is 0.389. The lowest BCUT2D eigenvalue weighted by molar-refractivity contribution is 0.0342. The van der Waals surface area contributed by atoms with Gasteiger partial charge in [0.25, 0.3) is 5.91 Å². The van der Waals surface area contributed by atoms with E-state index in [9.17, 15) is 4.79 Å². The van der Waals surface area contributed by atoms with E-state index in [0.717, 1.165) is 44.0 Å². The number of rotatable bonds is 5. The normalized spacial score (nSPS) is 15.5. The van der Waals surface area contributed by atoms with Crippen molar-refractivity contribution in [1.82, 2.24) is 10.2 Å². The van der Waals surface area contributed by atoms with Crippen molar-refractivity contribution < 1.29 is 13.9 Å². The molecule has 0 spiro atoms. The van der Waals surface area contributed by atoms with E-state index < -0.39 is 0 Å². The lowest BCUT2D eigenvalue weighted by Crippen LogP contribution is -2.35. The van der Waals surface area contributed by atoms with Crippen molar-refractivity contribution in [3.05, 3.63) is 59.0 Å². The van der Waals surface area contributed by atoms with Crippen LogP contribution in [-0.4, -0.2) is 37.1 Å². The minimum absolute atomic E-state index is 0.176. The van der Waals surface area contributed by atoms with Crippen LogP contribution in [0.3, 0.4) is 0 Å². The molecule has 122 valence electrons. The van der Waals surface area contributed by atoms with Crippen molar-refractivity contribution in [2.24, 2.45) is 0 Å². The molecular weight excluding hydrogens is 292 g/mol. The Bertz CT molecular complexity index is 643. The van der Waals surface area contributed by atoms with Crippen molar-refractivity contribution in [1.29, 1.82) is 0 Å². The van der Waals surface area contributed by atoms with Crippen LogP contribution in [0.15, 0.2) is 41.0 Å². The second-order valence-corrected chi connectivity index (χ2v) is 5.82. The Morgan fingerprint density at radius 3 is 2.48 bits per heavy atom. The first-order chi connectivity index (χ1) is 11.2. The molecule has 2 heterocycles. The summed E-state index contributed by atoms with van der Waals surface area (Å²) in [7, 11) is 0. The van der Waals surface area contributed by atoms with Gasteiger partial charge in [-0.2, -0.15) is 0 Å². The highest BCUT2D eigenvalue weighted by molar-refractivity contribution is 5.92. The molecule has 1 saturated heterocycles. The summed E-state index contributed by atoms with van der Waals surface area (Å²) in [6, 6.07) is 10.1. The topological polar surface area (TPSA) is 54.7 Å². The van der Waals surface area contributed by atoms with E-state index in [1.165, 1.54) is 11.8 Å². The van der Waals surface area contributed by atoms with Gasteiger partial charge in [-0.1, -0.05) is 24.3 Å². The number of carbonyl (C=O) groups is 1. The minimum Gasteiger partial charge on any atom is -0.459 e. The first-order valence-corrected chi connectivity index (χ1v) is 7.92. The van der Waals surface area contributed by atoms with Crippen molar-refractivity contribution >= 4 is 5.91 Å². The van der Waals surface area contributed by atoms with Crippen LogP contribution >= 0.6 is 0 Å². The molecule has 2 aromatic rings. The van der Waals surface area contributed by atoms with Crippen LogP contribution in [0.5, 0.6) is 0 Å². The van der Waals surface area contributed by atoms with E-state index in [0.29, 0.717) is 12.3 Å². The quantitative estimate of drug-likeness (QED) is 0.920. The smallest absolute Gasteiger partial charge is 0.287 e. The average molecular weight is 314 g/mol. The van der Waals surface area contributed by atoms with Gasteiger partial charge in [-0.15, -0.1) is 0 Å². The summed E-state index contributed by atoms with van der Waals surface area (Å²) in [5.74, 6) is 0.207. The third kappa shape index (κ3) is 4.21. The van der Waals surface area contributed by atoms with E-state index >= 15 is 0 Å². The number of hydrogen-bond acceptors (Lipinski definition) is 4. The zero-order chi connectivity index (χ0) is 16.1. The van der Waals surface area contributed by atoms with Gasteiger partial charge in [-0.05, 0) is 24.1 Å². The predicted octanol–water partition coefficient (Wildman–Crippen LogP) is 2.35. The molecule has 1 aliphatic heterocycles. The third-order valence-electron chi connectivity index (χ3n) is 4.05. The highest BCUT2D eigenvalue weighted by Gasteiger charge is 2.12. The van der Waals surface area contributed by atoms with Crippen LogP contribution < -0.4 is 5.32 Å². The summed E-state index contributed by atoms with van der Waals surface area (Å²) in [5.41, 5.74) is 3.21. The van der Waals surface area contributed by atoms with Gasteiger partial charge in [-0.3, -0.25) is 9.69 Å². The van der Waals surface area contributed by atoms with Gasteiger partial charge in [-0.25, -0.2) is 0 Å². The molecule has 3 rings (SSSR count). The molecule has 0 unspecified atom stereocenters. The van der Waals surface area contributed by atoms with Crippen molar-refractivity contribution in [2.45, 2.75) is 20.0 Å². The zero-order valence-electron chi connectivity index (χ0n) is 13.4. The van der Waals surface area contributed by atoms with Gasteiger partial charge in [0.15, 0.2) is 5.76 Å². The van der Waals surface area contributed by atoms with Crippen LogP contribution in [0, 0.1) is 6.92 Å². The van der Waals surface area contributed by atoms with Crippen molar-refractivity contribution in [2.75, 3.05) is 26.3 Å². The highest BCUT2D eigenvalue weighted by Crippen LogP contribution is 2.11. The van der Waals surface area contributed by atoms with Crippen LogP contribution in [0.25, 0.3) is 0 Å². The number of hydrogen-bond donors (Lipinski definition) is 1. The monoisotopic (exact) mass is 314 g/mol. The van der Waals surface area contributed by atoms with E-state index in [-0.39, 0.29) is 5.91 Å². The van der Waals surface area contributed by atoms with Crippen LogP contribution in [0.1, 0.15) is 27.2 Å². The molecule has 5 nitrogen and oxygen atoms in total. The average Bonchev–Trinajstić information content (AvgIpc) is 3.01. The number of aryl methyl sites for hydroxylation is 1. The van der Waals surface area contributed by atoms with Crippen LogP contribution in [0.2, 0.25) is 0 Å². The molecule has 0 radical (unpaired) electrons. The maximum absolute atomic E-state index is 12.0. The maximum Gasteiger partial charge on any atom is 0.287 e. The molecule has 1 amide bonds. The summed E-state index contributed by atoms with van der Waals surface area (Å²) < 4.78 is 10.6. The standard InChI is InChI=1S/C18H22N2O3/c1-14-6-9-23-17(14)18(21)19-12-15-2-4-16(5-3-15)13-20-7-10-22-11-8-20/h2-6,9H,7-8,10-13H2,1H3,(H,19,21). The number of carbonyl (C=O) groups excluding carboxylic acids is 1. The molecule has 1 aromatic carbocycles. The Hall–Kier alpha value is -2.11. The number of furan rings is 1. The van der Waals surface area contributed by atoms with Gasteiger partial charge in [0, 0.05) is 31.7 Å². The lowest BCUT2D eigenvalue weighted by atomic mass is 10.1. The van der Waals surface area contributed by atoms with E-state index in [4.69, 9.17) is 9.15 Å². The van der Waals surface area contributed by atoms with Gasteiger partial charge >= 0.3 is 0 Å². The van der Waals surface area contributed by atoms with Crippen molar-refractivity contribution in [3.63, 3.8) is 0 Å². The van der Waals surface area contributed by atoms with Gasteiger partial charge in [0.2, 0.25) is 0 Å². The second-order valence-electron chi connectivity index (χ2n) is 5.82. The Labute approximate surface area is 136 Å². The number of nitrogens with zero attached hydrogens (tertiary/aromatic N) is 1. The molecule has 23 heavy (non-hydrogen) atoms. The number of ether oxygens (including phenoxy) is 1. The van der Waals surface area contributed by atoms with E-state index in [2.05, 4.69) is 34.5 Å². The molecule has 1 N–H and O–H groups in total. The Kier molecular flexibility index (Phi) is 5.10. The molecule has 5 heteroatoms. The molecule has 0 aliphatic carbocycles. The van der Waals surface area contributed by atoms with Gasteiger partial charge in [0.05, 0.1) is 19.5 Å². The number of benzene rings is 1. The fourth-order valence-electron chi connectivity index (χ4n) is 2.65. The summed E-state index contributed by atoms with van der Waals surface area (Å²) in [4.78, 5) is 14.4. The molecule has 0 atom stereocenters.